The summed E-state index contributed by atoms with van der Waals surface area (Å²) >= 11 is 6.06. The Morgan fingerprint density at radius 3 is 2.83 bits per heavy atom. The largest absolute Gasteiger partial charge is 0.344 e. The lowest BCUT2D eigenvalue weighted by molar-refractivity contribution is -0.136. The topological polar surface area (TPSA) is 118 Å². The zero-order valence-corrected chi connectivity index (χ0v) is 16.9. The molecule has 4 rings (SSSR count). The monoisotopic (exact) mass is 426 g/mol. The molecule has 1 unspecified atom stereocenters. The zero-order valence-electron chi connectivity index (χ0n) is 16.2. The number of anilines is 1. The highest BCUT2D eigenvalue weighted by molar-refractivity contribution is 6.39. The van der Waals surface area contributed by atoms with E-state index >= 15 is 0 Å². The summed E-state index contributed by atoms with van der Waals surface area (Å²) in [5, 5.41) is 9.79. The maximum atomic E-state index is 12.4. The van der Waals surface area contributed by atoms with E-state index in [1.165, 1.54) is 4.68 Å². The number of aromatic nitrogens is 2. The number of carbonyl (C=O) groups excluding carboxylic acids is 3. The summed E-state index contributed by atoms with van der Waals surface area (Å²) in [6.45, 7) is 1.83. The predicted molar refractivity (Wildman–Crippen MR) is 112 cm³/mol. The Hall–Kier alpha value is -3.33. The van der Waals surface area contributed by atoms with Gasteiger partial charge in [0.25, 0.3) is 11.9 Å². The standard InChI is InChI=1S/C20H19ClN6O3/c1-11-9-16(24-19(30)18(29)22-10-12-5-2-3-7-14(12)21)27(26-11)20-23-15-8-4-6-13(15)17(28)25-20/h2-3,5,7,9,13H,4,6,8,10H2,1H3,(H,22,29)(H,24,30). The van der Waals surface area contributed by atoms with Crippen LogP contribution in [0, 0.1) is 12.8 Å². The molecule has 1 aromatic heterocycles. The molecule has 2 N–H and O–H groups in total. The Kier molecular flexibility index (Phi) is 5.45. The van der Waals surface area contributed by atoms with E-state index < -0.39 is 11.8 Å². The van der Waals surface area contributed by atoms with Crippen LogP contribution in [0.15, 0.2) is 40.3 Å². The fourth-order valence-electron chi connectivity index (χ4n) is 3.46. The fraction of sp³-hybridized carbons (Fsp3) is 0.300. The third kappa shape index (κ3) is 4.02. The summed E-state index contributed by atoms with van der Waals surface area (Å²) in [5.41, 5.74) is 2.05. The first-order valence-electron chi connectivity index (χ1n) is 9.52. The average molecular weight is 427 g/mol. The second kappa shape index (κ2) is 8.19. The molecule has 30 heavy (non-hydrogen) atoms. The van der Waals surface area contributed by atoms with Gasteiger partial charge in [0.1, 0.15) is 5.82 Å². The molecule has 1 aliphatic heterocycles. The van der Waals surface area contributed by atoms with Gasteiger partial charge in [-0.05, 0) is 37.8 Å². The minimum absolute atomic E-state index is 0.0908. The van der Waals surface area contributed by atoms with Crippen molar-refractivity contribution in [1.82, 2.24) is 15.1 Å². The molecule has 1 fully saturated rings. The Labute approximate surface area is 177 Å². The first-order valence-corrected chi connectivity index (χ1v) is 9.90. The third-order valence-electron chi connectivity index (χ3n) is 4.95. The number of hydrogen-bond acceptors (Lipinski definition) is 5. The van der Waals surface area contributed by atoms with Gasteiger partial charge in [-0.15, -0.1) is 0 Å². The summed E-state index contributed by atoms with van der Waals surface area (Å²) in [6, 6.07) is 8.60. The molecule has 2 aromatic rings. The lowest BCUT2D eigenvalue weighted by Gasteiger charge is -2.15. The number of hydrogen-bond donors (Lipinski definition) is 2. The van der Waals surface area contributed by atoms with Crippen LogP contribution in [0.2, 0.25) is 5.02 Å². The summed E-state index contributed by atoms with van der Waals surface area (Å²) in [5.74, 6) is -1.92. The van der Waals surface area contributed by atoms with Crippen LogP contribution in [0.3, 0.4) is 0 Å². The number of fused-ring (bicyclic) bond motifs is 1. The molecule has 1 saturated carbocycles. The number of nitrogens with one attached hydrogen (secondary N) is 2. The maximum Gasteiger partial charge on any atom is 0.314 e. The minimum atomic E-state index is -0.877. The number of carbonyl (C=O) groups is 3. The molecule has 3 amide bonds. The zero-order chi connectivity index (χ0) is 21.3. The first kappa shape index (κ1) is 20.0. The van der Waals surface area contributed by atoms with Crippen molar-refractivity contribution in [2.24, 2.45) is 15.9 Å². The van der Waals surface area contributed by atoms with Gasteiger partial charge in [-0.3, -0.25) is 14.4 Å². The van der Waals surface area contributed by atoms with Crippen molar-refractivity contribution < 1.29 is 14.4 Å². The van der Waals surface area contributed by atoms with Crippen molar-refractivity contribution in [1.29, 1.82) is 0 Å². The number of rotatable bonds is 3. The summed E-state index contributed by atoms with van der Waals surface area (Å²) in [6.07, 6.45) is 2.38. The van der Waals surface area contributed by atoms with Gasteiger partial charge < -0.3 is 10.6 Å². The van der Waals surface area contributed by atoms with Crippen molar-refractivity contribution in [3.63, 3.8) is 0 Å². The summed E-state index contributed by atoms with van der Waals surface area (Å²) in [4.78, 5) is 45.4. The SMILES string of the molecule is Cc1cc(NC(=O)C(=O)NCc2ccccc2Cl)n(C2=NC(=O)C3CCCC3=N2)n1. The molecule has 10 heteroatoms. The van der Waals surface area contributed by atoms with Crippen molar-refractivity contribution in [3.05, 3.63) is 46.6 Å². The van der Waals surface area contributed by atoms with Crippen LogP contribution in [0.25, 0.3) is 0 Å². The molecular formula is C20H19ClN6O3. The number of nitrogens with zero attached hydrogens (tertiary/aromatic N) is 4. The lowest BCUT2D eigenvalue weighted by atomic mass is 10.1. The normalized spacial score (nSPS) is 17.8. The quantitative estimate of drug-likeness (QED) is 0.730. The third-order valence-corrected chi connectivity index (χ3v) is 5.31. The van der Waals surface area contributed by atoms with E-state index in [9.17, 15) is 14.4 Å². The van der Waals surface area contributed by atoms with Gasteiger partial charge in [0.2, 0.25) is 0 Å². The minimum Gasteiger partial charge on any atom is -0.344 e. The van der Waals surface area contributed by atoms with Crippen LogP contribution in [0.4, 0.5) is 5.82 Å². The van der Waals surface area contributed by atoms with Crippen LogP contribution < -0.4 is 10.6 Å². The van der Waals surface area contributed by atoms with Gasteiger partial charge in [0.05, 0.1) is 11.6 Å². The molecule has 0 saturated heterocycles. The number of benzene rings is 1. The molecular weight excluding hydrogens is 408 g/mol. The molecule has 9 nitrogen and oxygen atoms in total. The van der Waals surface area contributed by atoms with E-state index in [1.807, 2.05) is 0 Å². The van der Waals surface area contributed by atoms with Crippen LogP contribution in [-0.4, -0.2) is 39.2 Å². The van der Waals surface area contributed by atoms with Crippen LogP contribution >= 0.6 is 11.6 Å². The molecule has 0 bridgehead atoms. The summed E-state index contributed by atoms with van der Waals surface area (Å²) < 4.78 is 1.27. The first-order chi connectivity index (χ1) is 14.4. The average Bonchev–Trinajstić information content (AvgIpc) is 3.33. The van der Waals surface area contributed by atoms with Gasteiger partial charge in [0.15, 0.2) is 0 Å². The van der Waals surface area contributed by atoms with Gasteiger partial charge in [-0.1, -0.05) is 29.8 Å². The Balaban J connectivity index is 1.48. The van der Waals surface area contributed by atoms with E-state index in [0.29, 0.717) is 16.3 Å². The summed E-state index contributed by atoms with van der Waals surface area (Å²) in [7, 11) is 0. The Bertz CT molecular complexity index is 1100. The molecule has 1 aliphatic carbocycles. The molecule has 0 spiro atoms. The second-order valence-corrected chi connectivity index (χ2v) is 7.52. The van der Waals surface area contributed by atoms with Crippen molar-refractivity contribution in [2.75, 3.05) is 5.32 Å². The van der Waals surface area contributed by atoms with E-state index in [2.05, 4.69) is 25.7 Å². The van der Waals surface area contributed by atoms with Crippen molar-refractivity contribution in [3.8, 4) is 0 Å². The smallest absolute Gasteiger partial charge is 0.314 e. The number of halogens is 1. The Morgan fingerprint density at radius 2 is 2.03 bits per heavy atom. The van der Waals surface area contributed by atoms with E-state index in [0.717, 1.165) is 25.0 Å². The number of aliphatic imine (C=N–C) groups is 2. The van der Waals surface area contributed by atoms with Crippen LogP contribution in [-0.2, 0) is 20.9 Å². The van der Waals surface area contributed by atoms with Crippen molar-refractivity contribution >= 4 is 46.8 Å². The predicted octanol–water partition coefficient (Wildman–Crippen LogP) is 2.09. The highest BCUT2D eigenvalue weighted by Crippen LogP contribution is 2.27. The molecule has 2 heterocycles. The number of aryl methyl sites for hydroxylation is 1. The van der Waals surface area contributed by atoms with Gasteiger partial charge in [-0.2, -0.15) is 14.8 Å². The Morgan fingerprint density at radius 1 is 1.23 bits per heavy atom. The molecule has 2 aliphatic rings. The lowest BCUT2D eigenvalue weighted by Crippen LogP contribution is -2.36. The highest BCUT2D eigenvalue weighted by Gasteiger charge is 2.33. The van der Waals surface area contributed by atoms with E-state index in [-0.39, 0.29) is 30.1 Å². The molecule has 1 atom stereocenters. The van der Waals surface area contributed by atoms with Gasteiger partial charge in [-0.25, -0.2) is 4.99 Å². The molecule has 1 aromatic carbocycles. The number of amides is 3. The van der Waals surface area contributed by atoms with E-state index in [4.69, 9.17) is 11.6 Å². The van der Waals surface area contributed by atoms with Crippen LogP contribution in [0.5, 0.6) is 0 Å². The van der Waals surface area contributed by atoms with Crippen LogP contribution in [0.1, 0.15) is 30.5 Å². The highest BCUT2D eigenvalue weighted by atomic mass is 35.5. The van der Waals surface area contributed by atoms with Gasteiger partial charge in [0, 0.05) is 23.3 Å². The van der Waals surface area contributed by atoms with Crippen molar-refractivity contribution in [2.45, 2.75) is 32.7 Å². The fourth-order valence-corrected chi connectivity index (χ4v) is 3.67. The molecule has 0 radical (unpaired) electrons. The molecule has 154 valence electrons. The van der Waals surface area contributed by atoms with Gasteiger partial charge >= 0.3 is 11.8 Å². The second-order valence-electron chi connectivity index (χ2n) is 7.11. The maximum absolute atomic E-state index is 12.4. The van der Waals surface area contributed by atoms with E-state index in [1.54, 1.807) is 37.3 Å².